The van der Waals surface area contributed by atoms with Gasteiger partial charge in [0.05, 0.1) is 11.0 Å². The van der Waals surface area contributed by atoms with Gasteiger partial charge < -0.3 is 4.74 Å². The Kier molecular flexibility index (Phi) is 4.47. The van der Waals surface area contributed by atoms with E-state index in [1.165, 1.54) is 34.6 Å². The van der Waals surface area contributed by atoms with Crippen molar-refractivity contribution < 1.29 is 14.3 Å². The van der Waals surface area contributed by atoms with E-state index in [2.05, 4.69) is 0 Å². The molecule has 2 aromatic carbocycles. The summed E-state index contributed by atoms with van der Waals surface area (Å²) in [7, 11) is 0. The fraction of sp³-hybridized carbons (Fsp3) is 0.250. The highest BCUT2D eigenvalue weighted by Gasteiger charge is 2.26. The first-order valence-electron chi connectivity index (χ1n) is 9.98. The number of fused-ring (bicyclic) bond motifs is 4. The maximum Gasteiger partial charge on any atom is 0.349 e. The van der Waals surface area contributed by atoms with E-state index in [-0.39, 0.29) is 5.91 Å². The summed E-state index contributed by atoms with van der Waals surface area (Å²) < 4.78 is 7.27. The van der Waals surface area contributed by atoms with Crippen LogP contribution in [0, 0.1) is 0 Å². The molecule has 0 fully saturated rings. The van der Waals surface area contributed by atoms with E-state index in [1.807, 2.05) is 54.6 Å². The number of rotatable bonds is 3. The Bertz CT molecular complexity index is 1170. The SMILES string of the molecule is CC(OC(=O)c1cc2c(s1)CCCC2)C(=O)n1c2ccccc2c2ccccc21. The van der Waals surface area contributed by atoms with Crippen molar-refractivity contribution in [2.75, 3.05) is 0 Å². The number of benzene rings is 2. The highest BCUT2D eigenvalue weighted by atomic mass is 32.1. The molecule has 1 atom stereocenters. The normalized spacial score (nSPS) is 14.7. The van der Waals surface area contributed by atoms with Crippen molar-refractivity contribution >= 4 is 45.0 Å². The summed E-state index contributed by atoms with van der Waals surface area (Å²) in [5, 5.41) is 2.03. The lowest BCUT2D eigenvalue weighted by atomic mass is 9.99. The van der Waals surface area contributed by atoms with Gasteiger partial charge in [-0.05, 0) is 56.4 Å². The van der Waals surface area contributed by atoms with Gasteiger partial charge >= 0.3 is 5.97 Å². The van der Waals surface area contributed by atoms with Crippen molar-refractivity contribution in [3.05, 3.63) is 69.9 Å². The summed E-state index contributed by atoms with van der Waals surface area (Å²) in [4.78, 5) is 27.9. The molecular formula is C24H21NO3S. The van der Waals surface area contributed by atoms with Crippen LogP contribution in [-0.2, 0) is 17.6 Å². The largest absolute Gasteiger partial charge is 0.448 e. The Morgan fingerprint density at radius 3 is 2.24 bits per heavy atom. The molecule has 0 N–H and O–H groups in total. The summed E-state index contributed by atoms with van der Waals surface area (Å²) in [6, 6.07) is 17.6. The van der Waals surface area contributed by atoms with E-state index in [0.717, 1.165) is 34.6 Å². The van der Waals surface area contributed by atoms with Crippen molar-refractivity contribution in [3.8, 4) is 0 Å². The molecule has 0 saturated heterocycles. The number of esters is 1. The number of hydrogen-bond acceptors (Lipinski definition) is 4. The first-order valence-corrected chi connectivity index (χ1v) is 10.8. The van der Waals surface area contributed by atoms with Crippen molar-refractivity contribution in [3.63, 3.8) is 0 Å². The third kappa shape index (κ3) is 3.06. The zero-order valence-electron chi connectivity index (χ0n) is 16.2. The molecule has 29 heavy (non-hydrogen) atoms. The molecule has 0 spiro atoms. The second-order valence-corrected chi connectivity index (χ2v) is 8.66. The Morgan fingerprint density at radius 2 is 1.59 bits per heavy atom. The number of carbonyl (C=O) groups excluding carboxylic acids is 2. The molecule has 0 bridgehead atoms. The summed E-state index contributed by atoms with van der Waals surface area (Å²) in [5.41, 5.74) is 2.91. The summed E-state index contributed by atoms with van der Waals surface area (Å²) in [6.45, 7) is 1.65. The van der Waals surface area contributed by atoms with E-state index in [1.54, 1.807) is 11.5 Å². The molecule has 0 amide bonds. The van der Waals surface area contributed by atoms with Gasteiger partial charge in [0, 0.05) is 15.6 Å². The number of thiophene rings is 1. The van der Waals surface area contributed by atoms with Crippen LogP contribution in [-0.4, -0.2) is 22.5 Å². The summed E-state index contributed by atoms with van der Waals surface area (Å²) >= 11 is 1.51. The van der Waals surface area contributed by atoms with Crippen LogP contribution in [0.4, 0.5) is 0 Å². The minimum absolute atomic E-state index is 0.239. The minimum atomic E-state index is -0.874. The zero-order valence-corrected chi connectivity index (χ0v) is 17.0. The smallest absolute Gasteiger partial charge is 0.349 e. The maximum absolute atomic E-state index is 13.3. The molecule has 4 nitrogen and oxygen atoms in total. The predicted molar refractivity (Wildman–Crippen MR) is 116 cm³/mol. The Balaban J connectivity index is 1.46. The summed E-state index contributed by atoms with van der Waals surface area (Å²) in [5.74, 6) is -0.650. The molecule has 5 rings (SSSR count). The molecule has 1 aliphatic rings. The number of ether oxygens (including phenoxy) is 1. The van der Waals surface area contributed by atoms with Crippen LogP contribution in [0.2, 0.25) is 0 Å². The van der Waals surface area contributed by atoms with Crippen LogP contribution in [0.1, 0.15) is 44.7 Å². The number of carbonyl (C=O) groups is 2. The zero-order chi connectivity index (χ0) is 20.0. The maximum atomic E-state index is 13.3. The van der Waals surface area contributed by atoms with Gasteiger partial charge in [-0.3, -0.25) is 9.36 Å². The first kappa shape index (κ1) is 18.1. The molecule has 2 aromatic heterocycles. The fourth-order valence-electron chi connectivity index (χ4n) is 4.20. The van der Waals surface area contributed by atoms with E-state index in [0.29, 0.717) is 4.88 Å². The van der Waals surface area contributed by atoms with Crippen molar-refractivity contribution in [2.45, 2.75) is 38.7 Å². The van der Waals surface area contributed by atoms with Crippen molar-refractivity contribution in [2.24, 2.45) is 0 Å². The molecule has 2 heterocycles. The Morgan fingerprint density at radius 1 is 0.966 bits per heavy atom. The number of aromatic nitrogens is 1. The fourth-order valence-corrected chi connectivity index (χ4v) is 5.34. The average molecular weight is 404 g/mol. The second-order valence-electron chi connectivity index (χ2n) is 7.52. The standard InChI is InChI=1S/C24H21NO3S/c1-15(28-24(27)22-14-16-8-2-7-13-21(16)29-22)23(26)25-19-11-5-3-9-17(19)18-10-4-6-12-20(18)25/h3-6,9-12,14-15H,2,7-8,13H2,1H3. The van der Waals surface area contributed by atoms with Gasteiger partial charge in [0.1, 0.15) is 4.88 Å². The quantitative estimate of drug-likeness (QED) is 0.417. The van der Waals surface area contributed by atoms with Crippen molar-refractivity contribution in [1.82, 2.24) is 4.57 Å². The molecule has 1 unspecified atom stereocenters. The van der Waals surface area contributed by atoms with Gasteiger partial charge in [0.15, 0.2) is 6.10 Å². The molecular weight excluding hydrogens is 382 g/mol. The van der Waals surface area contributed by atoms with Gasteiger partial charge in [-0.1, -0.05) is 36.4 Å². The molecule has 1 aliphatic carbocycles. The molecule has 146 valence electrons. The van der Waals surface area contributed by atoms with Gasteiger partial charge in [-0.15, -0.1) is 11.3 Å². The van der Waals surface area contributed by atoms with E-state index < -0.39 is 12.1 Å². The Hall–Kier alpha value is -2.92. The monoisotopic (exact) mass is 403 g/mol. The van der Waals surface area contributed by atoms with Crippen LogP contribution >= 0.6 is 11.3 Å². The lowest BCUT2D eigenvalue weighted by Gasteiger charge is -2.14. The molecule has 0 saturated carbocycles. The van der Waals surface area contributed by atoms with Crippen LogP contribution < -0.4 is 0 Å². The number of para-hydroxylation sites is 2. The van der Waals surface area contributed by atoms with Crippen molar-refractivity contribution in [1.29, 1.82) is 0 Å². The minimum Gasteiger partial charge on any atom is -0.448 e. The number of hydrogen-bond donors (Lipinski definition) is 0. The van der Waals surface area contributed by atoms with Gasteiger partial charge in [0.2, 0.25) is 0 Å². The number of nitrogens with zero attached hydrogens (tertiary/aromatic N) is 1. The predicted octanol–water partition coefficient (Wildman–Crippen LogP) is 5.62. The van der Waals surface area contributed by atoms with E-state index >= 15 is 0 Å². The average Bonchev–Trinajstić information content (AvgIpc) is 3.32. The third-order valence-electron chi connectivity index (χ3n) is 5.63. The van der Waals surface area contributed by atoms with E-state index in [9.17, 15) is 9.59 Å². The topological polar surface area (TPSA) is 48.3 Å². The summed E-state index contributed by atoms with van der Waals surface area (Å²) in [6.07, 6.45) is 3.52. The van der Waals surface area contributed by atoms with Gasteiger partial charge in [0.25, 0.3) is 5.91 Å². The highest BCUT2D eigenvalue weighted by Crippen LogP contribution is 2.31. The van der Waals surface area contributed by atoms with Crippen LogP contribution in [0.5, 0.6) is 0 Å². The first-order chi connectivity index (χ1) is 14.1. The number of aryl methyl sites for hydroxylation is 2. The second kappa shape index (κ2) is 7.16. The lowest BCUT2D eigenvalue weighted by Crippen LogP contribution is -2.28. The third-order valence-corrected chi connectivity index (χ3v) is 6.85. The van der Waals surface area contributed by atoms with Gasteiger partial charge in [-0.25, -0.2) is 4.79 Å². The highest BCUT2D eigenvalue weighted by molar-refractivity contribution is 7.14. The Labute approximate surface area is 172 Å². The lowest BCUT2D eigenvalue weighted by molar-refractivity contribution is 0.0293. The van der Waals surface area contributed by atoms with Crippen LogP contribution in [0.25, 0.3) is 21.8 Å². The molecule has 0 radical (unpaired) electrons. The van der Waals surface area contributed by atoms with Crippen LogP contribution in [0.3, 0.4) is 0 Å². The molecule has 5 heteroatoms. The van der Waals surface area contributed by atoms with E-state index in [4.69, 9.17) is 4.74 Å². The van der Waals surface area contributed by atoms with Crippen LogP contribution in [0.15, 0.2) is 54.6 Å². The molecule has 4 aromatic rings. The van der Waals surface area contributed by atoms with Gasteiger partial charge in [-0.2, -0.15) is 0 Å². The molecule has 0 aliphatic heterocycles.